The average molecular weight is 689 g/mol. The summed E-state index contributed by atoms with van der Waals surface area (Å²) in [5, 5.41) is 12.9. The Morgan fingerprint density at radius 2 is 1.83 bits per heavy atom. The lowest BCUT2D eigenvalue weighted by atomic mass is 9.79. The molecule has 1 saturated heterocycles. The maximum atomic E-state index is 16.2. The molecule has 4 aromatic rings. The molecule has 1 aliphatic carbocycles. The van der Waals surface area contributed by atoms with Crippen molar-refractivity contribution in [2.75, 3.05) is 19.0 Å². The number of nitrogens with zero attached hydrogens (tertiary/aromatic N) is 3. The fraction of sp³-hybridized carbons (Fsp3) is 0.278. The van der Waals surface area contributed by atoms with Gasteiger partial charge in [0.05, 0.1) is 12.8 Å². The molecule has 1 aliphatic heterocycles. The number of carbonyl (C=O) groups excluding carboxylic acids is 1. The lowest BCUT2D eigenvalue weighted by Gasteiger charge is -2.44. The lowest BCUT2D eigenvalue weighted by molar-refractivity contribution is -0.119. The molecule has 0 bridgehead atoms. The van der Waals surface area contributed by atoms with Gasteiger partial charge in [0.1, 0.15) is 5.54 Å². The van der Waals surface area contributed by atoms with Crippen molar-refractivity contribution in [2.24, 2.45) is 0 Å². The SMILES string of the molecule is COc1nc(C2(Nc3nccc(CNCc4cccnc4)c3F)C=CC=C(c3ccccc3)C2(Cl)Cl)ccc1CNC[C@@H]1CCC(=O)N1. The Morgan fingerprint density at radius 1 is 1.00 bits per heavy atom. The van der Waals surface area contributed by atoms with Crippen molar-refractivity contribution >= 4 is 40.5 Å². The van der Waals surface area contributed by atoms with E-state index in [2.05, 4.69) is 31.2 Å². The zero-order valence-electron chi connectivity index (χ0n) is 26.3. The zero-order chi connectivity index (χ0) is 33.6. The predicted octanol–water partition coefficient (Wildman–Crippen LogP) is 5.81. The summed E-state index contributed by atoms with van der Waals surface area (Å²) in [5.41, 5.74) is 2.49. The highest BCUT2D eigenvalue weighted by molar-refractivity contribution is 6.55. The molecular weight excluding hydrogens is 652 g/mol. The van der Waals surface area contributed by atoms with Crippen LogP contribution in [0.5, 0.6) is 5.88 Å². The number of nitrogens with one attached hydrogen (secondary N) is 4. The van der Waals surface area contributed by atoms with Gasteiger partial charge in [-0.2, -0.15) is 0 Å². The molecule has 1 unspecified atom stereocenters. The molecule has 0 radical (unpaired) electrons. The van der Waals surface area contributed by atoms with E-state index >= 15 is 4.39 Å². The second kappa shape index (κ2) is 14.8. The van der Waals surface area contributed by atoms with Gasteiger partial charge >= 0.3 is 0 Å². The summed E-state index contributed by atoms with van der Waals surface area (Å²) in [4.78, 5) is 25.0. The molecule has 2 atom stereocenters. The van der Waals surface area contributed by atoms with Crippen LogP contribution in [0.15, 0.2) is 97.5 Å². The van der Waals surface area contributed by atoms with Gasteiger partial charge in [-0.25, -0.2) is 14.4 Å². The molecule has 1 fully saturated rings. The van der Waals surface area contributed by atoms with E-state index in [0.717, 1.165) is 23.1 Å². The standard InChI is InChI=1S/C36H36Cl2FN7O2/c1-48-34-27(22-42-23-28-12-14-31(47)44-28)11-13-30(45-34)35(16-5-10-29(36(35,37)38)25-8-3-2-4-9-25)46-33-32(39)26(15-18-43-33)21-41-20-24-7-6-17-40-19-24/h2-11,13,15-19,28,41-42H,12,14,20-23H2,1H3,(H,43,46)(H,44,47)/t28-,35?/m0/s1. The number of hydrogen-bond donors (Lipinski definition) is 4. The van der Waals surface area contributed by atoms with Crippen LogP contribution in [0, 0.1) is 5.82 Å². The highest BCUT2D eigenvalue weighted by atomic mass is 35.5. The highest BCUT2D eigenvalue weighted by Gasteiger charge is 2.55. The Kier molecular flexibility index (Phi) is 10.4. The molecule has 248 valence electrons. The molecule has 2 aliphatic rings. The number of allylic oxidation sites excluding steroid dienone is 2. The third-order valence-corrected chi connectivity index (χ3v) is 9.51. The number of benzene rings is 1. The van der Waals surface area contributed by atoms with Crippen molar-refractivity contribution in [1.29, 1.82) is 0 Å². The normalized spacial score (nSPS) is 19.9. The molecule has 3 aromatic heterocycles. The number of ether oxygens (including phenoxy) is 1. The van der Waals surface area contributed by atoms with Crippen LogP contribution in [0.1, 0.15) is 40.8 Å². The summed E-state index contributed by atoms with van der Waals surface area (Å²) in [5.74, 6) is -0.163. The quantitative estimate of drug-likeness (QED) is 0.130. The van der Waals surface area contributed by atoms with Crippen molar-refractivity contribution in [3.63, 3.8) is 0 Å². The second-order valence-corrected chi connectivity index (χ2v) is 13.0. The minimum atomic E-state index is -1.69. The van der Waals surface area contributed by atoms with E-state index in [-0.39, 0.29) is 24.3 Å². The van der Waals surface area contributed by atoms with Crippen LogP contribution in [0.3, 0.4) is 0 Å². The molecule has 1 aromatic carbocycles. The molecule has 48 heavy (non-hydrogen) atoms. The van der Waals surface area contributed by atoms with Gasteiger partial charge in [0.25, 0.3) is 0 Å². The number of anilines is 1. The zero-order valence-corrected chi connectivity index (χ0v) is 27.9. The van der Waals surface area contributed by atoms with Crippen LogP contribution in [0.25, 0.3) is 5.57 Å². The molecule has 0 spiro atoms. The molecule has 0 saturated carbocycles. The number of amides is 1. The fourth-order valence-electron chi connectivity index (χ4n) is 5.99. The average Bonchev–Trinajstić information content (AvgIpc) is 3.52. The van der Waals surface area contributed by atoms with Crippen molar-refractivity contribution in [1.82, 2.24) is 30.9 Å². The summed E-state index contributed by atoms with van der Waals surface area (Å²) >= 11 is 14.8. The first-order valence-corrected chi connectivity index (χ1v) is 16.4. The van der Waals surface area contributed by atoms with Gasteiger partial charge in [-0.05, 0) is 47.4 Å². The van der Waals surface area contributed by atoms with Gasteiger partial charge in [0.15, 0.2) is 16.0 Å². The Balaban J connectivity index is 1.33. The number of halogens is 3. The first-order chi connectivity index (χ1) is 23.3. The summed E-state index contributed by atoms with van der Waals surface area (Å²) in [7, 11) is 1.54. The van der Waals surface area contributed by atoms with E-state index in [0.29, 0.717) is 48.8 Å². The third kappa shape index (κ3) is 7.07. The van der Waals surface area contributed by atoms with Crippen LogP contribution in [0.2, 0.25) is 0 Å². The largest absolute Gasteiger partial charge is 0.481 e. The van der Waals surface area contributed by atoms with Crippen molar-refractivity contribution in [3.05, 3.63) is 131 Å². The number of carbonyl (C=O) groups is 1. The maximum absolute atomic E-state index is 16.2. The molecule has 9 nitrogen and oxygen atoms in total. The van der Waals surface area contributed by atoms with Crippen LogP contribution >= 0.6 is 23.2 Å². The van der Waals surface area contributed by atoms with E-state index in [1.807, 2.05) is 60.7 Å². The molecule has 6 rings (SSSR count). The summed E-state index contributed by atoms with van der Waals surface area (Å²) in [6, 6.07) is 18.7. The third-order valence-electron chi connectivity index (χ3n) is 8.51. The number of pyridine rings is 3. The van der Waals surface area contributed by atoms with Crippen LogP contribution in [0.4, 0.5) is 10.2 Å². The maximum Gasteiger partial charge on any atom is 0.220 e. The van der Waals surface area contributed by atoms with E-state index in [1.54, 1.807) is 36.8 Å². The van der Waals surface area contributed by atoms with Crippen LogP contribution in [-0.4, -0.2) is 44.9 Å². The Labute approximate surface area is 289 Å². The first-order valence-electron chi connectivity index (χ1n) is 15.7. The van der Waals surface area contributed by atoms with Crippen LogP contribution in [-0.2, 0) is 30.0 Å². The highest BCUT2D eigenvalue weighted by Crippen LogP contribution is 2.54. The second-order valence-electron chi connectivity index (χ2n) is 11.7. The van der Waals surface area contributed by atoms with Gasteiger partial charge in [-0.3, -0.25) is 9.78 Å². The van der Waals surface area contributed by atoms with E-state index in [9.17, 15) is 4.79 Å². The van der Waals surface area contributed by atoms with E-state index < -0.39 is 15.7 Å². The number of methoxy groups -OCH3 is 1. The molecule has 4 N–H and O–H groups in total. The molecular formula is C36H36Cl2FN7O2. The van der Waals surface area contributed by atoms with E-state index in [4.69, 9.17) is 32.9 Å². The summed E-state index contributed by atoms with van der Waals surface area (Å²) in [6.07, 6.45) is 11.8. The topological polar surface area (TPSA) is 113 Å². The first kappa shape index (κ1) is 33.5. The van der Waals surface area contributed by atoms with Gasteiger partial charge in [0.2, 0.25) is 11.8 Å². The monoisotopic (exact) mass is 687 g/mol. The van der Waals surface area contributed by atoms with E-state index in [1.165, 1.54) is 7.11 Å². The predicted molar refractivity (Wildman–Crippen MR) is 186 cm³/mol. The fourth-order valence-corrected chi connectivity index (χ4v) is 6.74. The van der Waals surface area contributed by atoms with Crippen molar-refractivity contribution in [2.45, 2.75) is 48.4 Å². The minimum absolute atomic E-state index is 0.0366. The lowest BCUT2D eigenvalue weighted by Crippen LogP contribution is -2.51. The van der Waals surface area contributed by atoms with Crippen molar-refractivity contribution in [3.8, 4) is 5.88 Å². The van der Waals surface area contributed by atoms with Gasteiger partial charge in [-0.15, -0.1) is 0 Å². The molecule has 12 heteroatoms. The van der Waals surface area contributed by atoms with Crippen LogP contribution < -0.4 is 26.0 Å². The summed E-state index contributed by atoms with van der Waals surface area (Å²) in [6.45, 7) is 1.83. The number of alkyl halides is 2. The Morgan fingerprint density at radius 3 is 2.58 bits per heavy atom. The molecule has 4 heterocycles. The number of aromatic nitrogens is 3. The number of rotatable bonds is 13. The van der Waals surface area contributed by atoms with Gasteiger partial charge in [-0.1, -0.05) is 77.8 Å². The van der Waals surface area contributed by atoms with Gasteiger partial charge < -0.3 is 26.0 Å². The Bertz CT molecular complexity index is 1810. The van der Waals surface area contributed by atoms with Gasteiger partial charge in [0, 0.05) is 68.4 Å². The van der Waals surface area contributed by atoms with Crippen molar-refractivity contribution < 1.29 is 13.9 Å². The number of hydrogen-bond acceptors (Lipinski definition) is 8. The molecule has 1 amide bonds. The summed E-state index contributed by atoms with van der Waals surface area (Å²) < 4.78 is 20.3. The Hall–Kier alpha value is -4.35. The smallest absolute Gasteiger partial charge is 0.220 e. The minimum Gasteiger partial charge on any atom is -0.481 e.